The van der Waals surface area contributed by atoms with Crippen molar-refractivity contribution in [1.29, 1.82) is 0 Å². The molecule has 0 saturated heterocycles. The van der Waals surface area contributed by atoms with Crippen LogP contribution < -0.4 is 16.4 Å². The van der Waals surface area contributed by atoms with Crippen LogP contribution in [0.3, 0.4) is 0 Å². The minimum atomic E-state index is -0.107. The first-order chi connectivity index (χ1) is 8.27. The number of carbonyl (C=O) groups excluding carboxylic acids is 1. The highest BCUT2D eigenvalue weighted by Crippen LogP contribution is 2.03. The lowest BCUT2D eigenvalue weighted by atomic mass is 10.1. The summed E-state index contributed by atoms with van der Waals surface area (Å²) in [6.07, 6.45) is 0. The summed E-state index contributed by atoms with van der Waals surface area (Å²) in [5, 5.41) is 14.7. The summed E-state index contributed by atoms with van der Waals surface area (Å²) in [6, 6.07) is 6.88. The zero-order valence-electron chi connectivity index (χ0n) is 9.78. The standard InChI is InChI=1S/C12H19N3O2/c13-5-6-14-7-8-15-12(17)11-3-1-10(9-16)2-4-11/h1-4,14,16H,5-9,13H2,(H,15,17). The SMILES string of the molecule is NCCNCCNC(=O)c1ccc(CO)cc1. The first kappa shape index (κ1) is 13.6. The maximum absolute atomic E-state index is 11.7. The fraction of sp³-hybridized carbons (Fsp3) is 0.417. The van der Waals surface area contributed by atoms with Gasteiger partial charge in [-0.3, -0.25) is 4.79 Å². The van der Waals surface area contributed by atoms with Crippen LogP contribution in [-0.2, 0) is 6.61 Å². The number of nitrogens with two attached hydrogens (primary N) is 1. The van der Waals surface area contributed by atoms with Crippen LogP contribution in [-0.4, -0.2) is 37.2 Å². The highest BCUT2D eigenvalue weighted by Gasteiger charge is 2.03. The fourth-order valence-electron chi connectivity index (χ4n) is 1.36. The van der Waals surface area contributed by atoms with Crippen molar-refractivity contribution in [2.24, 2.45) is 5.73 Å². The molecule has 17 heavy (non-hydrogen) atoms. The Morgan fingerprint density at radius 3 is 2.47 bits per heavy atom. The van der Waals surface area contributed by atoms with Gasteiger partial charge < -0.3 is 21.5 Å². The summed E-state index contributed by atoms with van der Waals surface area (Å²) in [6.45, 7) is 2.61. The highest BCUT2D eigenvalue weighted by atomic mass is 16.3. The summed E-state index contributed by atoms with van der Waals surface area (Å²) in [5.41, 5.74) is 6.71. The normalized spacial score (nSPS) is 10.2. The van der Waals surface area contributed by atoms with Gasteiger partial charge in [-0.1, -0.05) is 12.1 Å². The van der Waals surface area contributed by atoms with Crippen molar-refractivity contribution >= 4 is 5.91 Å². The quantitative estimate of drug-likeness (QED) is 0.480. The lowest BCUT2D eigenvalue weighted by molar-refractivity contribution is 0.0954. The van der Waals surface area contributed by atoms with Crippen LogP contribution in [0, 0.1) is 0 Å². The van der Waals surface area contributed by atoms with Crippen LogP contribution in [0.1, 0.15) is 15.9 Å². The van der Waals surface area contributed by atoms with Crippen molar-refractivity contribution in [2.45, 2.75) is 6.61 Å². The van der Waals surface area contributed by atoms with E-state index in [1.807, 2.05) is 0 Å². The van der Waals surface area contributed by atoms with Gasteiger partial charge in [0.25, 0.3) is 5.91 Å². The summed E-state index contributed by atoms with van der Waals surface area (Å²) < 4.78 is 0. The molecule has 0 aliphatic heterocycles. The molecule has 0 unspecified atom stereocenters. The van der Waals surface area contributed by atoms with Gasteiger partial charge in [0.2, 0.25) is 0 Å². The van der Waals surface area contributed by atoms with E-state index in [2.05, 4.69) is 10.6 Å². The van der Waals surface area contributed by atoms with Crippen LogP contribution in [0.5, 0.6) is 0 Å². The molecule has 0 radical (unpaired) electrons. The average molecular weight is 237 g/mol. The van der Waals surface area contributed by atoms with Crippen LogP contribution in [0.25, 0.3) is 0 Å². The van der Waals surface area contributed by atoms with Gasteiger partial charge in [0.15, 0.2) is 0 Å². The Bertz CT molecular complexity index is 338. The maximum Gasteiger partial charge on any atom is 0.251 e. The summed E-state index contributed by atoms with van der Waals surface area (Å²) in [5.74, 6) is -0.107. The number of aliphatic hydroxyl groups is 1. The molecule has 1 amide bonds. The first-order valence-electron chi connectivity index (χ1n) is 5.66. The van der Waals surface area contributed by atoms with E-state index in [9.17, 15) is 4.79 Å². The lowest BCUT2D eigenvalue weighted by Gasteiger charge is -2.06. The number of nitrogens with one attached hydrogen (secondary N) is 2. The molecular weight excluding hydrogens is 218 g/mol. The molecule has 0 saturated carbocycles. The monoisotopic (exact) mass is 237 g/mol. The van der Waals surface area contributed by atoms with Crippen LogP contribution in [0.4, 0.5) is 0 Å². The molecule has 0 bridgehead atoms. The van der Waals surface area contributed by atoms with E-state index in [4.69, 9.17) is 10.8 Å². The van der Waals surface area contributed by atoms with E-state index in [-0.39, 0.29) is 12.5 Å². The van der Waals surface area contributed by atoms with E-state index in [0.717, 1.165) is 12.1 Å². The number of benzene rings is 1. The average Bonchev–Trinajstić information content (AvgIpc) is 2.38. The minimum Gasteiger partial charge on any atom is -0.392 e. The first-order valence-corrected chi connectivity index (χ1v) is 5.66. The van der Waals surface area contributed by atoms with Gasteiger partial charge in [0, 0.05) is 31.7 Å². The number of amides is 1. The topological polar surface area (TPSA) is 87.4 Å². The molecule has 0 fully saturated rings. The van der Waals surface area contributed by atoms with Crippen molar-refractivity contribution in [1.82, 2.24) is 10.6 Å². The predicted octanol–water partition coefficient (Wildman–Crippen LogP) is -0.543. The second-order valence-electron chi connectivity index (χ2n) is 3.65. The van der Waals surface area contributed by atoms with Gasteiger partial charge in [0.05, 0.1) is 6.61 Å². The zero-order chi connectivity index (χ0) is 12.5. The second-order valence-corrected chi connectivity index (χ2v) is 3.65. The van der Waals surface area contributed by atoms with E-state index in [1.165, 1.54) is 0 Å². The minimum absolute atomic E-state index is 0.00902. The molecule has 1 rings (SSSR count). The molecule has 1 aromatic rings. The largest absolute Gasteiger partial charge is 0.392 e. The van der Waals surface area contributed by atoms with Crippen molar-refractivity contribution in [2.75, 3.05) is 26.2 Å². The number of aliphatic hydroxyl groups excluding tert-OH is 1. The van der Waals surface area contributed by atoms with Gasteiger partial charge in [-0.2, -0.15) is 0 Å². The third kappa shape index (κ3) is 4.95. The summed E-state index contributed by atoms with van der Waals surface area (Å²) in [7, 11) is 0. The Morgan fingerprint density at radius 1 is 1.18 bits per heavy atom. The predicted molar refractivity (Wildman–Crippen MR) is 66.6 cm³/mol. The molecule has 1 aromatic carbocycles. The summed E-state index contributed by atoms with van der Waals surface area (Å²) in [4.78, 5) is 11.7. The van der Waals surface area contributed by atoms with E-state index in [0.29, 0.717) is 25.2 Å². The van der Waals surface area contributed by atoms with Gasteiger partial charge in [-0.05, 0) is 17.7 Å². The smallest absolute Gasteiger partial charge is 0.251 e. The molecule has 5 heteroatoms. The Kier molecular flexibility index (Phi) is 6.24. The highest BCUT2D eigenvalue weighted by molar-refractivity contribution is 5.94. The number of hydrogen-bond donors (Lipinski definition) is 4. The van der Waals surface area contributed by atoms with Gasteiger partial charge in [-0.15, -0.1) is 0 Å². The van der Waals surface area contributed by atoms with Crippen molar-refractivity contribution in [3.63, 3.8) is 0 Å². The summed E-state index contributed by atoms with van der Waals surface area (Å²) >= 11 is 0. The van der Waals surface area contributed by atoms with E-state index < -0.39 is 0 Å². The van der Waals surface area contributed by atoms with E-state index >= 15 is 0 Å². The molecule has 0 aromatic heterocycles. The molecule has 0 aliphatic rings. The van der Waals surface area contributed by atoms with Crippen molar-refractivity contribution in [3.05, 3.63) is 35.4 Å². The van der Waals surface area contributed by atoms with Gasteiger partial charge in [0.1, 0.15) is 0 Å². The Hall–Kier alpha value is -1.43. The third-order valence-electron chi connectivity index (χ3n) is 2.31. The molecule has 5 nitrogen and oxygen atoms in total. The molecule has 0 spiro atoms. The second kappa shape index (κ2) is 7.78. The van der Waals surface area contributed by atoms with Crippen LogP contribution >= 0.6 is 0 Å². The molecule has 5 N–H and O–H groups in total. The number of hydrogen-bond acceptors (Lipinski definition) is 4. The molecule has 0 heterocycles. The zero-order valence-corrected chi connectivity index (χ0v) is 9.78. The Labute approximate surface area is 101 Å². The Balaban J connectivity index is 2.31. The van der Waals surface area contributed by atoms with Crippen LogP contribution in [0.2, 0.25) is 0 Å². The third-order valence-corrected chi connectivity index (χ3v) is 2.31. The number of rotatable bonds is 7. The molecule has 94 valence electrons. The molecule has 0 atom stereocenters. The van der Waals surface area contributed by atoms with Crippen molar-refractivity contribution < 1.29 is 9.90 Å². The van der Waals surface area contributed by atoms with E-state index in [1.54, 1.807) is 24.3 Å². The van der Waals surface area contributed by atoms with Crippen molar-refractivity contribution in [3.8, 4) is 0 Å². The number of carbonyl (C=O) groups is 1. The lowest BCUT2D eigenvalue weighted by Crippen LogP contribution is -2.33. The van der Waals surface area contributed by atoms with Gasteiger partial charge in [-0.25, -0.2) is 0 Å². The molecular formula is C12H19N3O2. The van der Waals surface area contributed by atoms with Crippen LogP contribution in [0.15, 0.2) is 24.3 Å². The molecule has 0 aliphatic carbocycles. The fourth-order valence-corrected chi connectivity index (χ4v) is 1.36. The maximum atomic E-state index is 11.7. The Morgan fingerprint density at radius 2 is 1.88 bits per heavy atom. The van der Waals surface area contributed by atoms with Gasteiger partial charge >= 0.3 is 0 Å².